The van der Waals surface area contributed by atoms with Crippen molar-refractivity contribution in [3.05, 3.63) is 40.1 Å². The number of alkyl halides is 3. The van der Waals surface area contributed by atoms with Gasteiger partial charge in [0.1, 0.15) is 5.76 Å². The maximum Gasteiger partial charge on any atom is 0.412 e. The molecule has 1 amide bonds. The number of carbonyl (C=O) groups is 1. The topological polar surface area (TPSA) is 47.6 Å². The Morgan fingerprint density at radius 3 is 2.28 bits per heavy atom. The fourth-order valence-corrected chi connectivity index (χ4v) is 5.10. The van der Waals surface area contributed by atoms with Crippen LogP contribution in [0.1, 0.15) is 54.9 Å². The van der Waals surface area contributed by atoms with Crippen molar-refractivity contribution >= 4 is 29.8 Å². The number of rotatable bonds is 6. The first kappa shape index (κ1) is 22.3. The Labute approximate surface area is 174 Å². The Morgan fingerprint density at radius 1 is 1.24 bits per heavy atom. The van der Waals surface area contributed by atoms with Crippen LogP contribution in [0.4, 0.5) is 13.2 Å². The Kier molecular flexibility index (Phi) is 5.69. The van der Waals surface area contributed by atoms with E-state index in [0.29, 0.717) is 11.5 Å². The molecule has 0 spiro atoms. The standard InChI is InChI=1S/C20H25F3NO3PS/c1-11-8-14(13-6-7-13)9-12(2)15(11)16-17(19(3,4)24-18(16)25)27-28(5,29)26-10-20(21,22)23/h8-9,13H,6-7,10H2,1-5H3,(H,24,25). The van der Waals surface area contributed by atoms with Gasteiger partial charge in [0.2, 0.25) is 6.49 Å². The van der Waals surface area contributed by atoms with E-state index >= 15 is 0 Å². The fraction of sp³-hybridized carbons (Fsp3) is 0.550. The molecule has 29 heavy (non-hydrogen) atoms. The molecule has 1 aromatic carbocycles. The zero-order valence-electron chi connectivity index (χ0n) is 17.1. The average Bonchev–Trinajstić information content (AvgIpc) is 3.35. The second kappa shape index (κ2) is 7.40. The number of carbonyl (C=O) groups excluding carboxylic acids is 1. The van der Waals surface area contributed by atoms with Crippen molar-refractivity contribution in [2.45, 2.75) is 58.2 Å². The molecule has 0 saturated heterocycles. The summed E-state index contributed by atoms with van der Waals surface area (Å²) >= 11 is 5.21. The van der Waals surface area contributed by atoms with Gasteiger partial charge < -0.3 is 14.4 Å². The molecule has 1 unspecified atom stereocenters. The predicted molar refractivity (Wildman–Crippen MR) is 110 cm³/mol. The number of nitrogens with one attached hydrogen (secondary N) is 1. The minimum absolute atomic E-state index is 0.237. The molecule has 1 heterocycles. The van der Waals surface area contributed by atoms with E-state index in [0.717, 1.165) is 29.5 Å². The van der Waals surface area contributed by atoms with Crippen LogP contribution < -0.4 is 5.32 Å². The molecule has 160 valence electrons. The van der Waals surface area contributed by atoms with Gasteiger partial charge in [-0.25, -0.2) is 0 Å². The molecule has 2 aliphatic rings. The van der Waals surface area contributed by atoms with Crippen LogP contribution in [0, 0.1) is 13.8 Å². The third kappa shape index (κ3) is 5.04. The molecular weight excluding hydrogens is 422 g/mol. The first-order valence-electron chi connectivity index (χ1n) is 9.37. The van der Waals surface area contributed by atoms with Crippen LogP contribution in [0.3, 0.4) is 0 Å². The third-order valence-corrected chi connectivity index (χ3v) is 6.67. The van der Waals surface area contributed by atoms with Gasteiger partial charge in [0, 0.05) is 6.66 Å². The number of hydrogen-bond donors (Lipinski definition) is 1. The molecule has 1 fully saturated rings. The molecule has 1 N–H and O–H groups in total. The molecule has 1 aliphatic heterocycles. The van der Waals surface area contributed by atoms with E-state index in [2.05, 4.69) is 17.4 Å². The van der Waals surface area contributed by atoms with Gasteiger partial charge in [0.15, 0.2) is 6.61 Å². The van der Waals surface area contributed by atoms with E-state index in [-0.39, 0.29) is 11.7 Å². The highest BCUT2D eigenvalue weighted by molar-refractivity contribution is 8.09. The second-order valence-electron chi connectivity index (χ2n) is 8.34. The van der Waals surface area contributed by atoms with Crippen LogP contribution in [0.25, 0.3) is 5.57 Å². The van der Waals surface area contributed by atoms with Crippen molar-refractivity contribution in [2.24, 2.45) is 0 Å². The van der Waals surface area contributed by atoms with Gasteiger partial charge in [-0.05, 0) is 80.5 Å². The molecule has 0 radical (unpaired) electrons. The highest BCUT2D eigenvalue weighted by Crippen LogP contribution is 2.52. The van der Waals surface area contributed by atoms with E-state index in [9.17, 15) is 18.0 Å². The summed E-state index contributed by atoms with van der Waals surface area (Å²) in [5.41, 5.74) is 3.24. The predicted octanol–water partition coefficient (Wildman–Crippen LogP) is 5.34. The summed E-state index contributed by atoms with van der Waals surface area (Å²) in [6.45, 7) is 3.89. The van der Waals surface area contributed by atoms with E-state index in [1.807, 2.05) is 13.8 Å². The summed E-state index contributed by atoms with van der Waals surface area (Å²) in [7, 11) is 0. The Balaban J connectivity index is 2.04. The lowest BCUT2D eigenvalue weighted by atomic mass is 9.90. The smallest absolute Gasteiger partial charge is 0.412 e. The van der Waals surface area contributed by atoms with Crippen LogP contribution in [-0.2, 0) is 25.6 Å². The number of halogens is 3. The van der Waals surface area contributed by atoms with E-state index in [1.165, 1.54) is 12.2 Å². The van der Waals surface area contributed by atoms with Crippen molar-refractivity contribution in [3.63, 3.8) is 0 Å². The second-order valence-corrected chi connectivity index (χ2v) is 12.3. The SMILES string of the molecule is Cc1cc(C2CC2)cc(C)c1C1=C(OP(C)(=S)OCC(F)(F)F)C(C)(C)NC1=O. The van der Waals surface area contributed by atoms with Gasteiger partial charge in [-0.2, -0.15) is 13.2 Å². The van der Waals surface area contributed by atoms with Crippen LogP contribution in [-0.4, -0.2) is 30.9 Å². The summed E-state index contributed by atoms with van der Waals surface area (Å²) in [6.07, 6.45) is -2.18. The van der Waals surface area contributed by atoms with Gasteiger partial charge in [-0.15, -0.1) is 0 Å². The zero-order chi connectivity index (χ0) is 21.8. The van der Waals surface area contributed by atoms with Gasteiger partial charge >= 0.3 is 6.18 Å². The van der Waals surface area contributed by atoms with E-state index in [1.54, 1.807) is 13.8 Å². The fourth-order valence-electron chi connectivity index (χ4n) is 3.63. The lowest BCUT2D eigenvalue weighted by Gasteiger charge is -2.28. The first-order valence-corrected chi connectivity index (χ1v) is 12.5. The van der Waals surface area contributed by atoms with Gasteiger partial charge in [-0.1, -0.05) is 12.1 Å². The normalized spacial score (nSPS) is 21.2. The summed E-state index contributed by atoms with van der Waals surface area (Å²) in [5, 5.41) is 2.85. The summed E-state index contributed by atoms with van der Waals surface area (Å²) < 4.78 is 48.5. The molecule has 1 aromatic rings. The van der Waals surface area contributed by atoms with Crippen LogP contribution in [0.15, 0.2) is 17.9 Å². The Hall–Kier alpha value is -1.37. The Morgan fingerprint density at radius 2 is 1.79 bits per heavy atom. The summed E-state index contributed by atoms with van der Waals surface area (Å²) in [5.74, 6) is 0.472. The number of hydrogen-bond acceptors (Lipinski definition) is 4. The molecule has 0 aromatic heterocycles. The van der Waals surface area contributed by atoms with E-state index < -0.39 is 24.8 Å². The van der Waals surface area contributed by atoms with Crippen molar-refractivity contribution in [2.75, 3.05) is 13.3 Å². The summed E-state index contributed by atoms with van der Waals surface area (Å²) in [6, 6.07) is 4.15. The molecule has 0 bridgehead atoms. The lowest BCUT2D eigenvalue weighted by Crippen LogP contribution is -2.38. The monoisotopic (exact) mass is 447 g/mol. The van der Waals surface area contributed by atoms with Crippen LogP contribution in [0.5, 0.6) is 0 Å². The molecule has 1 atom stereocenters. The maximum absolute atomic E-state index is 12.8. The summed E-state index contributed by atoms with van der Waals surface area (Å²) in [4.78, 5) is 12.8. The van der Waals surface area contributed by atoms with E-state index in [4.69, 9.17) is 20.9 Å². The quantitative estimate of drug-likeness (QED) is 0.599. The average molecular weight is 447 g/mol. The lowest BCUT2D eigenvalue weighted by molar-refractivity contribution is -0.153. The molecule has 1 aliphatic carbocycles. The maximum atomic E-state index is 12.8. The van der Waals surface area contributed by atoms with Gasteiger partial charge in [0.25, 0.3) is 5.91 Å². The first-order chi connectivity index (χ1) is 13.2. The largest absolute Gasteiger partial charge is 0.445 e. The van der Waals surface area contributed by atoms with Crippen molar-refractivity contribution in [3.8, 4) is 0 Å². The van der Waals surface area contributed by atoms with Crippen LogP contribution in [0.2, 0.25) is 0 Å². The number of amides is 1. The Bertz CT molecular complexity index is 912. The molecule has 4 nitrogen and oxygen atoms in total. The molecule has 9 heteroatoms. The third-order valence-electron chi connectivity index (χ3n) is 5.02. The van der Waals surface area contributed by atoms with Crippen LogP contribution >= 0.6 is 6.49 Å². The highest BCUT2D eigenvalue weighted by Gasteiger charge is 2.43. The number of aryl methyl sites for hydroxylation is 2. The minimum Gasteiger partial charge on any atom is -0.445 e. The van der Waals surface area contributed by atoms with Gasteiger partial charge in [-0.3, -0.25) is 4.79 Å². The van der Waals surface area contributed by atoms with Gasteiger partial charge in [0.05, 0.1) is 11.1 Å². The highest BCUT2D eigenvalue weighted by atomic mass is 32.5. The molecule has 1 saturated carbocycles. The van der Waals surface area contributed by atoms with Crippen molar-refractivity contribution < 1.29 is 27.0 Å². The number of benzene rings is 1. The zero-order valence-corrected chi connectivity index (χ0v) is 18.8. The van der Waals surface area contributed by atoms with Crippen molar-refractivity contribution in [1.29, 1.82) is 0 Å². The molecular formula is C20H25F3NO3PS. The minimum atomic E-state index is -4.51. The van der Waals surface area contributed by atoms with Crippen molar-refractivity contribution in [1.82, 2.24) is 5.32 Å². The molecule has 3 rings (SSSR count).